The van der Waals surface area contributed by atoms with Gasteiger partial charge in [-0.2, -0.15) is 0 Å². The van der Waals surface area contributed by atoms with Crippen molar-refractivity contribution < 1.29 is 14.7 Å². The quantitative estimate of drug-likeness (QED) is 0.900. The lowest BCUT2D eigenvalue weighted by atomic mass is 9.69. The molecule has 1 unspecified atom stereocenters. The highest BCUT2D eigenvalue weighted by Gasteiger charge is 2.42. The third kappa shape index (κ3) is 1.75. The van der Waals surface area contributed by atoms with E-state index in [1.165, 1.54) is 0 Å². The van der Waals surface area contributed by atoms with Gasteiger partial charge in [0.2, 0.25) is 0 Å². The molecule has 0 saturated carbocycles. The van der Waals surface area contributed by atoms with Gasteiger partial charge >= 0.3 is 5.97 Å². The fourth-order valence-electron chi connectivity index (χ4n) is 3.38. The van der Waals surface area contributed by atoms with Gasteiger partial charge in [0.05, 0.1) is 6.42 Å². The number of Topliss-reactive ketones (excluding diaryl/α,β-unsaturated/α-hetero) is 1. The fraction of sp³-hybridized carbons (Fsp3) is 0.375. The summed E-state index contributed by atoms with van der Waals surface area (Å²) in [5, 5.41) is 10.1. The smallest absolute Gasteiger partial charge is 0.304 e. The highest BCUT2D eigenvalue weighted by molar-refractivity contribution is 6.10. The molecule has 1 atom stereocenters. The van der Waals surface area contributed by atoms with Gasteiger partial charge in [-0.15, -0.1) is 0 Å². The Morgan fingerprint density at radius 2 is 2.15 bits per heavy atom. The number of rotatable bonds is 3. The standard InChI is InChI=1S/C16H17NO3/c1-2-16(9-13(19)20)8-7-12(18)14-10-5-3-4-6-11(10)17-15(14)16/h3-6,17H,2,7-9H2,1H3,(H,19,20). The molecule has 4 heteroatoms. The van der Waals surface area contributed by atoms with Crippen molar-refractivity contribution in [2.24, 2.45) is 0 Å². The number of aromatic nitrogens is 1. The monoisotopic (exact) mass is 271 g/mol. The van der Waals surface area contributed by atoms with Gasteiger partial charge in [-0.1, -0.05) is 25.1 Å². The highest BCUT2D eigenvalue weighted by atomic mass is 16.4. The molecule has 20 heavy (non-hydrogen) atoms. The summed E-state index contributed by atoms with van der Waals surface area (Å²) in [6, 6.07) is 7.68. The zero-order valence-electron chi connectivity index (χ0n) is 11.4. The molecule has 1 aliphatic rings. The average Bonchev–Trinajstić information content (AvgIpc) is 2.82. The summed E-state index contributed by atoms with van der Waals surface area (Å²) in [6.45, 7) is 1.99. The number of carboxylic acids is 1. The van der Waals surface area contributed by atoms with Gasteiger partial charge in [0.15, 0.2) is 5.78 Å². The lowest BCUT2D eigenvalue weighted by molar-refractivity contribution is -0.138. The van der Waals surface area contributed by atoms with Crippen molar-refractivity contribution in [1.82, 2.24) is 4.98 Å². The van der Waals surface area contributed by atoms with Crippen molar-refractivity contribution in [2.45, 2.75) is 38.0 Å². The Labute approximate surface area is 116 Å². The zero-order valence-corrected chi connectivity index (χ0v) is 11.4. The molecule has 0 fully saturated rings. The van der Waals surface area contributed by atoms with E-state index in [-0.39, 0.29) is 12.2 Å². The van der Waals surface area contributed by atoms with Crippen molar-refractivity contribution >= 4 is 22.7 Å². The number of carboxylic acid groups (broad SMARTS) is 1. The number of fused-ring (bicyclic) bond motifs is 3. The van der Waals surface area contributed by atoms with E-state index in [9.17, 15) is 14.7 Å². The van der Waals surface area contributed by atoms with E-state index in [0.29, 0.717) is 24.8 Å². The molecular formula is C16H17NO3. The predicted octanol–water partition coefficient (Wildman–Crippen LogP) is 3.27. The van der Waals surface area contributed by atoms with E-state index in [1.807, 2.05) is 31.2 Å². The van der Waals surface area contributed by atoms with Gasteiger partial charge in [0, 0.05) is 34.0 Å². The number of para-hydroxylation sites is 1. The molecule has 0 radical (unpaired) electrons. The molecule has 4 nitrogen and oxygen atoms in total. The van der Waals surface area contributed by atoms with E-state index in [1.54, 1.807) is 0 Å². The van der Waals surface area contributed by atoms with E-state index < -0.39 is 11.4 Å². The SMILES string of the molecule is CCC1(CC(=O)O)CCC(=O)c2c1[nH]c1ccccc21. The Kier molecular flexibility index (Phi) is 2.89. The third-order valence-corrected chi connectivity index (χ3v) is 4.51. The summed E-state index contributed by atoms with van der Waals surface area (Å²) in [4.78, 5) is 26.8. The number of nitrogens with one attached hydrogen (secondary N) is 1. The first-order valence-electron chi connectivity index (χ1n) is 6.93. The van der Waals surface area contributed by atoms with Crippen LogP contribution in [0.3, 0.4) is 0 Å². The number of H-pyrrole nitrogens is 1. The normalized spacial score (nSPS) is 21.9. The van der Waals surface area contributed by atoms with Crippen LogP contribution in [0.25, 0.3) is 10.9 Å². The topological polar surface area (TPSA) is 70.2 Å². The number of hydrogen-bond acceptors (Lipinski definition) is 2. The van der Waals surface area contributed by atoms with Crippen molar-refractivity contribution in [3.8, 4) is 0 Å². The van der Waals surface area contributed by atoms with Gasteiger partial charge in [0.1, 0.15) is 0 Å². The van der Waals surface area contributed by atoms with Crippen molar-refractivity contribution in [1.29, 1.82) is 0 Å². The Balaban J connectivity index is 2.27. The molecule has 0 aliphatic heterocycles. The molecule has 2 aromatic rings. The van der Waals surface area contributed by atoms with Gasteiger partial charge in [0.25, 0.3) is 0 Å². The molecule has 0 spiro atoms. The summed E-state index contributed by atoms with van der Waals surface area (Å²) in [6.07, 6.45) is 1.81. The molecule has 0 bridgehead atoms. The van der Waals surface area contributed by atoms with Crippen molar-refractivity contribution in [3.05, 3.63) is 35.5 Å². The molecular weight excluding hydrogens is 254 g/mol. The van der Waals surface area contributed by atoms with Crippen LogP contribution in [0.4, 0.5) is 0 Å². The Morgan fingerprint density at radius 3 is 2.85 bits per heavy atom. The molecule has 1 aliphatic carbocycles. The first-order chi connectivity index (χ1) is 9.57. The Morgan fingerprint density at radius 1 is 1.40 bits per heavy atom. The van der Waals surface area contributed by atoms with E-state index in [4.69, 9.17) is 0 Å². The molecule has 3 rings (SSSR count). The number of carbonyl (C=O) groups excluding carboxylic acids is 1. The summed E-state index contributed by atoms with van der Waals surface area (Å²) in [5.74, 6) is -0.697. The van der Waals surface area contributed by atoms with Gasteiger partial charge in [-0.05, 0) is 18.9 Å². The van der Waals surface area contributed by atoms with Crippen LogP contribution >= 0.6 is 0 Å². The maximum absolute atomic E-state index is 12.3. The van der Waals surface area contributed by atoms with Crippen LogP contribution in [0.15, 0.2) is 24.3 Å². The highest BCUT2D eigenvalue weighted by Crippen LogP contribution is 2.44. The van der Waals surface area contributed by atoms with Crippen LogP contribution in [-0.2, 0) is 10.2 Å². The van der Waals surface area contributed by atoms with E-state index in [2.05, 4.69) is 4.98 Å². The summed E-state index contributed by atoms with van der Waals surface area (Å²) >= 11 is 0. The number of benzene rings is 1. The van der Waals surface area contributed by atoms with E-state index in [0.717, 1.165) is 16.6 Å². The van der Waals surface area contributed by atoms with Gasteiger partial charge in [-0.3, -0.25) is 9.59 Å². The minimum Gasteiger partial charge on any atom is -0.481 e. The summed E-state index contributed by atoms with van der Waals surface area (Å²) < 4.78 is 0. The first-order valence-corrected chi connectivity index (χ1v) is 6.93. The number of aromatic amines is 1. The minimum atomic E-state index is -0.814. The summed E-state index contributed by atoms with van der Waals surface area (Å²) in [5.41, 5.74) is 1.99. The van der Waals surface area contributed by atoms with Crippen LogP contribution < -0.4 is 0 Å². The lowest BCUT2D eigenvalue weighted by Crippen LogP contribution is -2.35. The lowest BCUT2D eigenvalue weighted by Gasteiger charge is -2.34. The van der Waals surface area contributed by atoms with Crippen LogP contribution in [0.5, 0.6) is 0 Å². The average molecular weight is 271 g/mol. The molecule has 0 saturated heterocycles. The second-order valence-electron chi connectivity index (χ2n) is 5.55. The van der Waals surface area contributed by atoms with Crippen molar-refractivity contribution in [2.75, 3.05) is 0 Å². The maximum Gasteiger partial charge on any atom is 0.304 e. The van der Waals surface area contributed by atoms with Crippen LogP contribution in [0.1, 0.15) is 48.7 Å². The Hall–Kier alpha value is -2.10. The molecule has 1 aromatic heterocycles. The number of carbonyl (C=O) groups is 2. The second kappa shape index (κ2) is 4.47. The Bertz CT molecular complexity index is 701. The molecule has 0 amide bonds. The number of ketones is 1. The fourth-order valence-corrected chi connectivity index (χ4v) is 3.38. The molecule has 1 aromatic carbocycles. The largest absolute Gasteiger partial charge is 0.481 e. The third-order valence-electron chi connectivity index (χ3n) is 4.51. The van der Waals surface area contributed by atoms with Crippen molar-refractivity contribution in [3.63, 3.8) is 0 Å². The van der Waals surface area contributed by atoms with Crippen LogP contribution in [0, 0.1) is 0 Å². The predicted molar refractivity (Wildman–Crippen MR) is 76.1 cm³/mol. The number of hydrogen-bond donors (Lipinski definition) is 2. The van der Waals surface area contributed by atoms with Crippen LogP contribution in [-0.4, -0.2) is 21.8 Å². The van der Waals surface area contributed by atoms with Crippen LogP contribution in [0.2, 0.25) is 0 Å². The second-order valence-corrected chi connectivity index (χ2v) is 5.55. The van der Waals surface area contributed by atoms with Gasteiger partial charge in [-0.25, -0.2) is 0 Å². The van der Waals surface area contributed by atoms with Gasteiger partial charge < -0.3 is 10.1 Å². The first kappa shape index (κ1) is 12.9. The summed E-state index contributed by atoms with van der Waals surface area (Å²) in [7, 11) is 0. The molecule has 104 valence electrons. The minimum absolute atomic E-state index is 0.0661. The van der Waals surface area contributed by atoms with E-state index >= 15 is 0 Å². The number of aliphatic carboxylic acids is 1. The maximum atomic E-state index is 12.3. The zero-order chi connectivity index (χ0) is 14.3. The molecule has 2 N–H and O–H groups in total. The molecule has 1 heterocycles.